The Morgan fingerprint density at radius 2 is 1.83 bits per heavy atom. The quantitative estimate of drug-likeness (QED) is 0.896. The highest BCUT2D eigenvalue weighted by atomic mass is 16.5. The summed E-state index contributed by atoms with van der Waals surface area (Å²) in [5.74, 6) is 0.797. The van der Waals surface area contributed by atoms with E-state index in [2.05, 4.69) is 17.1 Å². The standard InChI is InChI=1S/C15H18N2O/c1-11(2)18-15-7-14(9-17-10-15)13-5-3-12(8-16)4-6-13/h3-7,9-11H,8,16H2,1-2H3. The van der Waals surface area contributed by atoms with Crippen molar-refractivity contribution in [3.63, 3.8) is 0 Å². The summed E-state index contributed by atoms with van der Waals surface area (Å²) in [6.07, 6.45) is 3.73. The molecule has 0 amide bonds. The maximum Gasteiger partial charge on any atom is 0.138 e. The van der Waals surface area contributed by atoms with E-state index < -0.39 is 0 Å². The number of rotatable bonds is 4. The molecule has 0 fully saturated rings. The Morgan fingerprint density at radius 1 is 1.11 bits per heavy atom. The minimum atomic E-state index is 0.154. The molecule has 0 aliphatic carbocycles. The molecule has 3 nitrogen and oxygen atoms in total. The highest BCUT2D eigenvalue weighted by Crippen LogP contribution is 2.23. The number of nitrogens with zero attached hydrogens (tertiary/aromatic N) is 1. The molecule has 0 saturated carbocycles. The molecular formula is C15H18N2O. The van der Waals surface area contributed by atoms with E-state index in [0.29, 0.717) is 6.54 Å². The molecular weight excluding hydrogens is 224 g/mol. The molecule has 0 unspecified atom stereocenters. The minimum absolute atomic E-state index is 0.154. The Hall–Kier alpha value is -1.87. The number of pyridine rings is 1. The van der Waals surface area contributed by atoms with Gasteiger partial charge in [-0.25, -0.2) is 0 Å². The lowest BCUT2D eigenvalue weighted by atomic mass is 10.1. The molecule has 0 aliphatic heterocycles. The predicted molar refractivity (Wildman–Crippen MR) is 73.3 cm³/mol. The summed E-state index contributed by atoms with van der Waals surface area (Å²) in [7, 11) is 0. The molecule has 0 spiro atoms. The van der Waals surface area contributed by atoms with Gasteiger partial charge in [0.2, 0.25) is 0 Å². The Balaban J connectivity index is 2.26. The third-order valence-corrected chi connectivity index (χ3v) is 2.61. The Kier molecular flexibility index (Phi) is 3.95. The van der Waals surface area contributed by atoms with Crippen LogP contribution in [0.3, 0.4) is 0 Å². The monoisotopic (exact) mass is 242 g/mol. The molecule has 0 saturated heterocycles. The van der Waals surface area contributed by atoms with Gasteiger partial charge in [-0.3, -0.25) is 4.98 Å². The third kappa shape index (κ3) is 3.08. The molecule has 94 valence electrons. The van der Waals surface area contributed by atoms with Crippen molar-refractivity contribution in [3.05, 3.63) is 48.3 Å². The average molecular weight is 242 g/mol. The summed E-state index contributed by atoms with van der Waals surface area (Å²) in [5.41, 5.74) is 8.88. The Morgan fingerprint density at radius 3 is 2.44 bits per heavy atom. The van der Waals surface area contributed by atoms with Crippen molar-refractivity contribution >= 4 is 0 Å². The summed E-state index contributed by atoms with van der Waals surface area (Å²) >= 11 is 0. The molecule has 0 bridgehead atoms. The number of hydrogen-bond donors (Lipinski definition) is 1. The fraction of sp³-hybridized carbons (Fsp3) is 0.267. The van der Waals surface area contributed by atoms with Crippen molar-refractivity contribution in [2.45, 2.75) is 26.5 Å². The fourth-order valence-electron chi connectivity index (χ4n) is 1.75. The van der Waals surface area contributed by atoms with Crippen molar-refractivity contribution in [3.8, 4) is 16.9 Å². The van der Waals surface area contributed by atoms with E-state index in [9.17, 15) is 0 Å². The van der Waals surface area contributed by atoms with E-state index in [1.165, 1.54) is 0 Å². The van der Waals surface area contributed by atoms with E-state index in [0.717, 1.165) is 22.4 Å². The summed E-state index contributed by atoms with van der Waals surface area (Å²) < 4.78 is 5.64. The van der Waals surface area contributed by atoms with Crippen LogP contribution in [-0.2, 0) is 6.54 Å². The number of ether oxygens (including phenoxy) is 1. The summed E-state index contributed by atoms with van der Waals surface area (Å²) in [6.45, 7) is 4.57. The van der Waals surface area contributed by atoms with Crippen LogP contribution < -0.4 is 10.5 Å². The summed E-state index contributed by atoms with van der Waals surface area (Å²) in [5, 5.41) is 0. The second-order valence-corrected chi connectivity index (χ2v) is 4.48. The van der Waals surface area contributed by atoms with Crippen LogP contribution in [0.2, 0.25) is 0 Å². The van der Waals surface area contributed by atoms with Crippen LogP contribution in [0.5, 0.6) is 5.75 Å². The third-order valence-electron chi connectivity index (χ3n) is 2.61. The molecule has 1 aromatic heterocycles. The zero-order chi connectivity index (χ0) is 13.0. The van der Waals surface area contributed by atoms with Crippen LogP contribution in [0.25, 0.3) is 11.1 Å². The second kappa shape index (κ2) is 5.65. The van der Waals surface area contributed by atoms with Gasteiger partial charge < -0.3 is 10.5 Å². The molecule has 0 atom stereocenters. The lowest BCUT2D eigenvalue weighted by Gasteiger charge is -2.10. The first-order chi connectivity index (χ1) is 8.69. The van der Waals surface area contributed by atoms with E-state index >= 15 is 0 Å². The zero-order valence-electron chi connectivity index (χ0n) is 10.8. The molecule has 2 aromatic rings. The number of benzene rings is 1. The van der Waals surface area contributed by atoms with Crippen LogP contribution in [0.1, 0.15) is 19.4 Å². The van der Waals surface area contributed by atoms with E-state index in [4.69, 9.17) is 10.5 Å². The first-order valence-electron chi connectivity index (χ1n) is 6.10. The molecule has 0 aliphatic rings. The van der Waals surface area contributed by atoms with Crippen LogP contribution in [-0.4, -0.2) is 11.1 Å². The first kappa shape index (κ1) is 12.6. The van der Waals surface area contributed by atoms with Crippen molar-refractivity contribution in [1.29, 1.82) is 0 Å². The molecule has 0 radical (unpaired) electrons. The molecule has 1 aromatic carbocycles. The fourth-order valence-corrected chi connectivity index (χ4v) is 1.75. The minimum Gasteiger partial charge on any atom is -0.489 e. The lowest BCUT2D eigenvalue weighted by molar-refractivity contribution is 0.241. The van der Waals surface area contributed by atoms with Crippen molar-refractivity contribution < 1.29 is 4.74 Å². The smallest absolute Gasteiger partial charge is 0.138 e. The average Bonchev–Trinajstić information content (AvgIpc) is 2.38. The van der Waals surface area contributed by atoms with Gasteiger partial charge in [0.25, 0.3) is 0 Å². The number of nitrogens with two attached hydrogens (primary N) is 1. The van der Waals surface area contributed by atoms with E-state index in [1.807, 2.05) is 38.2 Å². The highest BCUT2D eigenvalue weighted by Gasteiger charge is 2.02. The van der Waals surface area contributed by atoms with Gasteiger partial charge in [-0.2, -0.15) is 0 Å². The topological polar surface area (TPSA) is 48.1 Å². The van der Waals surface area contributed by atoms with Crippen LogP contribution >= 0.6 is 0 Å². The first-order valence-corrected chi connectivity index (χ1v) is 6.10. The molecule has 2 rings (SSSR count). The van der Waals surface area contributed by atoms with Crippen LogP contribution in [0, 0.1) is 0 Å². The van der Waals surface area contributed by atoms with Gasteiger partial charge in [0, 0.05) is 18.3 Å². The second-order valence-electron chi connectivity index (χ2n) is 4.48. The van der Waals surface area contributed by atoms with Gasteiger partial charge in [-0.1, -0.05) is 24.3 Å². The molecule has 18 heavy (non-hydrogen) atoms. The maximum atomic E-state index is 5.64. The zero-order valence-corrected chi connectivity index (χ0v) is 10.8. The van der Waals surface area contributed by atoms with Gasteiger partial charge in [0.1, 0.15) is 5.75 Å². The summed E-state index contributed by atoms with van der Waals surface area (Å²) in [4.78, 5) is 4.21. The number of hydrogen-bond acceptors (Lipinski definition) is 3. The molecule has 3 heteroatoms. The van der Waals surface area contributed by atoms with E-state index in [-0.39, 0.29) is 6.10 Å². The molecule has 2 N–H and O–H groups in total. The van der Waals surface area contributed by atoms with Gasteiger partial charge in [-0.15, -0.1) is 0 Å². The van der Waals surface area contributed by atoms with Crippen molar-refractivity contribution in [1.82, 2.24) is 4.98 Å². The number of aromatic nitrogens is 1. The van der Waals surface area contributed by atoms with E-state index in [1.54, 1.807) is 6.20 Å². The Bertz CT molecular complexity index is 506. The molecule has 1 heterocycles. The van der Waals surface area contributed by atoms with Crippen molar-refractivity contribution in [2.75, 3.05) is 0 Å². The van der Waals surface area contributed by atoms with Gasteiger partial charge in [0.05, 0.1) is 12.3 Å². The van der Waals surface area contributed by atoms with Gasteiger partial charge in [-0.05, 0) is 31.0 Å². The van der Waals surface area contributed by atoms with Crippen LogP contribution in [0.4, 0.5) is 0 Å². The SMILES string of the molecule is CC(C)Oc1cncc(-c2ccc(CN)cc2)c1. The van der Waals surface area contributed by atoms with Gasteiger partial charge >= 0.3 is 0 Å². The van der Waals surface area contributed by atoms with Gasteiger partial charge in [0.15, 0.2) is 0 Å². The Labute approximate surface area is 108 Å². The maximum absolute atomic E-state index is 5.64. The predicted octanol–water partition coefficient (Wildman–Crippen LogP) is 2.99. The highest BCUT2D eigenvalue weighted by molar-refractivity contribution is 5.64. The summed E-state index contributed by atoms with van der Waals surface area (Å²) in [6, 6.07) is 10.2. The normalized spacial score (nSPS) is 10.7. The van der Waals surface area contributed by atoms with Crippen LogP contribution in [0.15, 0.2) is 42.7 Å². The lowest BCUT2D eigenvalue weighted by Crippen LogP contribution is -2.05. The largest absolute Gasteiger partial charge is 0.489 e. The van der Waals surface area contributed by atoms with Crippen molar-refractivity contribution in [2.24, 2.45) is 5.73 Å².